The summed E-state index contributed by atoms with van der Waals surface area (Å²) in [5.74, 6) is 1.53. The summed E-state index contributed by atoms with van der Waals surface area (Å²) in [6, 6.07) is 16.3. The zero-order valence-corrected chi connectivity index (χ0v) is 15.5. The number of nitrogens with one attached hydrogen (secondary N) is 1. The van der Waals surface area contributed by atoms with Crippen molar-refractivity contribution in [3.8, 4) is 0 Å². The lowest BCUT2D eigenvalue weighted by Gasteiger charge is -2.21. The van der Waals surface area contributed by atoms with Crippen molar-refractivity contribution in [1.29, 1.82) is 0 Å². The van der Waals surface area contributed by atoms with E-state index in [4.69, 9.17) is 9.73 Å². The van der Waals surface area contributed by atoms with Crippen molar-refractivity contribution in [1.82, 2.24) is 15.2 Å². The van der Waals surface area contributed by atoms with Crippen LogP contribution >= 0.6 is 0 Å². The number of likely N-dealkylation sites (tertiary alicyclic amines) is 1. The first-order valence-corrected chi connectivity index (χ1v) is 9.40. The SMILES string of the molecule is CCNC(=NCc1ccccn1)N1CCC(COCc2ccccc2)C1. The molecule has 138 valence electrons. The van der Waals surface area contributed by atoms with Crippen LogP contribution in [0.2, 0.25) is 0 Å². The average molecular weight is 352 g/mol. The maximum Gasteiger partial charge on any atom is 0.194 e. The summed E-state index contributed by atoms with van der Waals surface area (Å²) in [6.45, 7) is 7.07. The quantitative estimate of drug-likeness (QED) is 0.614. The molecule has 1 aromatic carbocycles. The summed E-state index contributed by atoms with van der Waals surface area (Å²) in [5.41, 5.74) is 2.22. The van der Waals surface area contributed by atoms with E-state index in [9.17, 15) is 0 Å². The first-order chi connectivity index (χ1) is 12.8. The molecule has 0 amide bonds. The Morgan fingerprint density at radius 1 is 1.23 bits per heavy atom. The van der Waals surface area contributed by atoms with Crippen LogP contribution in [0.15, 0.2) is 59.7 Å². The zero-order valence-electron chi connectivity index (χ0n) is 15.5. The highest BCUT2D eigenvalue weighted by atomic mass is 16.5. The number of aliphatic imine (C=N–C) groups is 1. The molecule has 0 spiro atoms. The molecular weight excluding hydrogens is 324 g/mol. The number of aromatic nitrogens is 1. The second kappa shape index (κ2) is 9.92. The third kappa shape index (κ3) is 5.56. The second-order valence-electron chi connectivity index (χ2n) is 6.59. The van der Waals surface area contributed by atoms with Gasteiger partial charge in [0, 0.05) is 31.7 Å². The number of nitrogens with zero attached hydrogens (tertiary/aromatic N) is 3. The highest BCUT2D eigenvalue weighted by Crippen LogP contribution is 2.17. The maximum absolute atomic E-state index is 5.92. The van der Waals surface area contributed by atoms with E-state index in [0.29, 0.717) is 19.1 Å². The van der Waals surface area contributed by atoms with Crippen molar-refractivity contribution in [2.24, 2.45) is 10.9 Å². The number of hydrogen-bond acceptors (Lipinski definition) is 3. The number of pyridine rings is 1. The summed E-state index contributed by atoms with van der Waals surface area (Å²) < 4.78 is 5.92. The minimum Gasteiger partial charge on any atom is -0.376 e. The Hall–Kier alpha value is -2.40. The van der Waals surface area contributed by atoms with E-state index in [2.05, 4.69) is 46.4 Å². The van der Waals surface area contributed by atoms with Gasteiger partial charge in [-0.15, -0.1) is 0 Å². The van der Waals surface area contributed by atoms with Gasteiger partial charge in [0.2, 0.25) is 0 Å². The average Bonchev–Trinajstić information content (AvgIpc) is 3.15. The predicted molar refractivity (Wildman–Crippen MR) is 105 cm³/mol. The molecule has 0 saturated carbocycles. The Labute approximate surface area is 156 Å². The molecule has 1 aliphatic rings. The Balaban J connectivity index is 1.48. The fraction of sp³-hybridized carbons (Fsp3) is 0.429. The lowest BCUT2D eigenvalue weighted by Crippen LogP contribution is -2.40. The molecule has 0 bridgehead atoms. The van der Waals surface area contributed by atoms with Gasteiger partial charge in [-0.05, 0) is 31.0 Å². The number of benzene rings is 1. The van der Waals surface area contributed by atoms with E-state index < -0.39 is 0 Å². The Morgan fingerprint density at radius 2 is 2.08 bits per heavy atom. The highest BCUT2D eigenvalue weighted by Gasteiger charge is 2.25. The van der Waals surface area contributed by atoms with E-state index in [1.807, 2.05) is 30.5 Å². The van der Waals surface area contributed by atoms with E-state index in [-0.39, 0.29) is 0 Å². The Bertz CT molecular complexity index is 675. The summed E-state index contributed by atoms with van der Waals surface area (Å²) in [6.07, 6.45) is 2.95. The van der Waals surface area contributed by atoms with Crippen LogP contribution in [0.4, 0.5) is 0 Å². The number of hydrogen-bond donors (Lipinski definition) is 1. The zero-order chi connectivity index (χ0) is 18.0. The van der Waals surface area contributed by atoms with Gasteiger partial charge in [-0.2, -0.15) is 0 Å². The van der Waals surface area contributed by atoms with Crippen LogP contribution in [0.3, 0.4) is 0 Å². The summed E-state index contributed by atoms with van der Waals surface area (Å²) in [4.78, 5) is 11.4. The van der Waals surface area contributed by atoms with E-state index >= 15 is 0 Å². The van der Waals surface area contributed by atoms with Gasteiger partial charge in [0.25, 0.3) is 0 Å². The van der Waals surface area contributed by atoms with Crippen LogP contribution in [-0.4, -0.2) is 42.1 Å². The molecule has 0 aliphatic carbocycles. The van der Waals surface area contributed by atoms with Gasteiger partial charge in [-0.25, -0.2) is 4.99 Å². The first-order valence-electron chi connectivity index (χ1n) is 9.40. The van der Waals surface area contributed by atoms with Gasteiger partial charge in [-0.1, -0.05) is 36.4 Å². The Morgan fingerprint density at radius 3 is 2.85 bits per heavy atom. The maximum atomic E-state index is 5.92. The molecule has 5 nitrogen and oxygen atoms in total. The molecule has 3 rings (SSSR count). The fourth-order valence-electron chi connectivity index (χ4n) is 3.15. The van der Waals surface area contributed by atoms with Gasteiger partial charge in [0.05, 0.1) is 25.5 Å². The first kappa shape index (κ1) is 18.4. The molecule has 1 saturated heterocycles. The summed E-state index contributed by atoms with van der Waals surface area (Å²) in [7, 11) is 0. The van der Waals surface area contributed by atoms with Crippen molar-refractivity contribution in [2.45, 2.75) is 26.5 Å². The van der Waals surface area contributed by atoms with Crippen LogP contribution < -0.4 is 5.32 Å². The third-order valence-electron chi connectivity index (χ3n) is 4.50. The highest BCUT2D eigenvalue weighted by molar-refractivity contribution is 5.80. The monoisotopic (exact) mass is 352 g/mol. The number of ether oxygens (including phenoxy) is 1. The van der Waals surface area contributed by atoms with Gasteiger partial charge >= 0.3 is 0 Å². The topological polar surface area (TPSA) is 49.8 Å². The van der Waals surface area contributed by atoms with Crippen LogP contribution in [0.5, 0.6) is 0 Å². The molecule has 26 heavy (non-hydrogen) atoms. The third-order valence-corrected chi connectivity index (χ3v) is 4.50. The normalized spacial score (nSPS) is 17.5. The van der Waals surface area contributed by atoms with Crippen molar-refractivity contribution in [3.63, 3.8) is 0 Å². The van der Waals surface area contributed by atoms with Crippen molar-refractivity contribution >= 4 is 5.96 Å². The molecule has 1 fully saturated rings. The molecule has 1 atom stereocenters. The summed E-state index contributed by atoms with van der Waals surface area (Å²) >= 11 is 0. The lowest BCUT2D eigenvalue weighted by atomic mass is 10.1. The fourth-order valence-corrected chi connectivity index (χ4v) is 3.15. The molecular formula is C21H28N4O. The second-order valence-corrected chi connectivity index (χ2v) is 6.59. The molecule has 2 aromatic rings. The van der Waals surface area contributed by atoms with Gasteiger partial charge in [0.15, 0.2) is 5.96 Å². The van der Waals surface area contributed by atoms with Gasteiger partial charge < -0.3 is 15.0 Å². The van der Waals surface area contributed by atoms with Crippen molar-refractivity contribution in [2.75, 3.05) is 26.2 Å². The molecule has 1 unspecified atom stereocenters. The molecule has 1 N–H and O–H groups in total. The smallest absolute Gasteiger partial charge is 0.194 e. The molecule has 1 aliphatic heterocycles. The van der Waals surface area contributed by atoms with Crippen LogP contribution in [0.25, 0.3) is 0 Å². The minimum absolute atomic E-state index is 0.553. The molecule has 1 aromatic heterocycles. The number of rotatable bonds is 7. The van der Waals surface area contributed by atoms with E-state index in [0.717, 1.165) is 44.3 Å². The van der Waals surface area contributed by atoms with Crippen LogP contribution in [-0.2, 0) is 17.9 Å². The summed E-state index contributed by atoms with van der Waals surface area (Å²) in [5, 5.41) is 3.40. The van der Waals surface area contributed by atoms with E-state index in [1.165, 1.54) is 5.56 Å². The molecule has 0 radical (unpaired) electrons. The van der Waals surface area contributed by atoms with Crippen molar-refractivity contribution < 1.29 is 4.74 Å². The largest absolute Gasteiger partial charge is 0.376 e. The molecule has 2 heterocycles. The van der Waals surface area contributed by atoms with Gasteiger partial charge in [-0.3, -0.25) is 4.98 Å². The van der Waals surface area contributed by atoms with Crippen LogP contribution in [0, 0.1) is 5.92 Å². The Kier molecular flexibility index (Phi) is 7.02. The minimum atomic E-state index is 0.553. The lowest BCUT2D eigenvalue weighted by molar-refractivity contribution is 0.0906. The van der Waals surface area contributed by atoms with E-state index in [1.54, 1.807) is 0 Å². The predicted octanol–water partition coefficient (Wildman–Crippen LogP) is 3.09. The molecule has 5 heteroatoms. The van der Waals surface area contributed by atoms with Crippen LogP contribution in [0.1, 0.15) is 24.6 Å². The van der Waals surface area contributed by atoms with Crippen molar-refractivity contribution in [3.05, 3.63) is 66.0 Å². The number of guanidine groups is 1. The van der Waals surface area contributed by atoms with Gasteiger partial charge in [0.1, 0.15) is 0 Å². The standard InChI is InChI=1S/C21H28N4O/c1-2-22-21(24-14-20-10-6-7-12-23-20)25-13-11-19(15-25)17-26-16-18-8-4-3-5-9-18/h3-10,12,19H,2,11,13-17H2,1H3,(H,22,24).